The highest BCUT2D eigenvalue weighted by atomic mass is 32.2. The van der Waals surface area contributed by atoms with Crippen molar-refractivity contribution in [1.29, 1.82) is 0 Å². The number of carbonyl (C=O) groups excluding carboxylic acids is 1. The average Bonchev–Trinajstić information content (AvgIpc) is 3.15. The highest BCUT2D eigenvalue weighted by Gasteiger charge is 2.29. The number of hydrogen-bond acceptors (Lipinski definition) is 3. The van der Waals surface area contributed by atoms with E-state index in [2.05, 4.69) is 4.72 Å². The zero-order valence-corrected chi connectivity index (χ0v) is 14.5. The van der Waals surface area contributed by atoms with Gasteiger partial charge in [-0.15, -0.1) is 0 Å². The molecule has 1 amide bonds. The van der Waals surface area contributed by atoms with Gasteiger partial charge in [-0.05, 0) is 50.3 Å². The predicted molar refractivity (Wildman–Crippen MR) is 88.9 cm³/mol. The van der Waals surface area contributed by atoms with Crippen LogP contribution in [0.25, 0.3) is 0 Å². The Bertz CT molecular complexity index is 705. The van der Waals surface area contributed by atoms with E-state index < -0.39 is 10.0 Å². The standard InChI is InChI=1S/C17H24N2O3S/c1-12-7-10-15(23(21,22)18-13-8-9-13)11-16(12)17(20)19(2)14-5-3-4-6-14/h7,10-11,13-14,18H,3-6,8-9H2,1-2H3. The highest BCUT2D eigenvalue weighted by molar-refractivity contribution is 7.89. The third-order valence-electron chi connectivity index (χ3n) is 4.84. The van der Waals surface area contributed by atoms with Gasteiger partial charge in [-0.25, -0.2) is 13.1 Å². The summed E-state index contributed by atoms with van der Waals surface area (Å²) >= 11 is 0. The second-order valence-electron chi connectivity index (χ2n) is 6.73. The van der Waals surface area contributed by atoms with Crippen LogP contribution in [0.3, 0.4) is 0 Å². The summed E-state index contributed by atoms with van der Waals surface area (Å²) in [6, 6.07) is 5.14. The van der Waals surface area contributed by atoms with E-state index in [9.17, 15) is 13.2 Å². The summed E-state index contributed by atoms with van der Waals surface area (Å²) < 4.78 is 27.4. The summed E-state index contributed by atoms with van der Waals surface area (Å²) in [6.07, 6.45) is 6.15. The molecule has 0 atom stereocenters. The van der Waals surface area contributed by atoms with E-state index in [4.69, 9.17) is 0 Å². The highest BCUT2D eigenvalue weighted by Crippen LogP contribution is 2.26. The van der Waals surface area contributed by atoms with Gasteiger partial charge in [0.2, 0.25) is 10.0 Å². The van der Waals surface area contributed by atoms with E-state index in [1.807, 2.05) is 14.0 Å². The third kappa shape index (κ3) is 3.58. The number of nitrogens with one attached hydrogen (secondary N) is 1. The molecule has 1 aromatic carbocycles. The molecule has 23 heavy (non-hydrogen) atoms. The molecule has 2 aliphatic rings. The summed E-state index contributed by atoms with van der Waals surface area (Å²) in [5.74, 6) is -0.0853. The van der Waals surface area contributed by atoms with Crippen molar-refractivity contribution in [2.75, 3.05) is 7.05 Å². The van der Waals surface area contributed by atoms with Gasteiger partial charge in [-0.2, -0.15) is 0 Å². The first-order valence-corrected chi connectivity index (χ1v) is 9.77. The molecule has 6 heteroatoms. The quantitative estimate of drug-likeness (QED) is 0.898. The topological polar surface area (TPSA) is 66.5 Å². The lowest BCUT2D eigenvalue weighted by Crippen LogP contribution is -2.35. The first kappa shape index (κ1) is 16.5. The molecular formula is C17H24N2O3S. The predicted octanol–water partition coefficient (Wildman–Crippen LogP) is 2.45. The number of benzene rings is 1. The minimum atomic E-state index is -3.54. The molecule has 0 bridgehead atoms. The van der Waals surface area contributed by atoms with Crippen LogP contribution in [0.1, 0.15) is 54.4 Å². The first-order valence-electron chi connectivity index (χ1n) is 8.28. The minimum Gasteiger partial charge on any atom is -0.339 e. The van der Waals surface area contributed by atoms with Crippen LogP contribution in [-0.2, 0) is 10.0 Å². The molecule has 0 heterocycles. The van der Waals surface area contributed by atoms with E-state index in [-0.39, 0.29) is 22.9 Å². The molecule has 3 rings (SSSR count). The van der Waals surface area contributed by atoms with Crippen molar-refractivity contribution in [3.8, 4) is 0 Å². The Morgan fingerprint density at radius 1 is 1.17 bits per heavy atom. The maximum atomic E-state index is 12.8. The second kappa shape index (κ2) is 6.24. The summed E-state index contributed by atoms with van der Waals surface area (Å²) in [6.45, 7) is 1.85. The van der Waals surface area contributed by atoms with Crippen molar-refractivity contribution in [2.24, 2.45) is 0 Å². The molecule has 5 nitrogen and oxygen atoms in total. The van der Waals surface area contributed by atoms with Gasteiger partial charge in [0.1, 0.15) is 0 Å². The van der Waals surface area contributed by atoms with Crippen LogP contribution in [0.15, 0.2) is 23.1 Å². The summed E-state index contributed by atoms with van der Waals surface area (Å²) in [4.78, 5) is 14.7. The van der Waals surface area contributed by atoms with Crippen molar-refractivity contribution in [1.82, 2.24) is 9.62 Å². The van der Waals surface area contributed by atoms with Gasteiger partial charge in [0, 0.05) is 24.7 Å². The lowest BCUT2D eigenvalue weighted by Gasteiger charge is -2.25. The Labute approximate surface area is 138 Å². The summed E-state index contributed by atoms with van der Waals surface area (Å²) in [5.41, 5.74) is 1.29. The molecule has 126 valence electrons. The van der Waals surface area contributed by atoms with Crippen LogP contribution >= 0.6 is 0 Å². The third-order valence-corrected chi connectivity index (χ3v) is 6.36. The van der Waals surface area contributed by atoms with Crippen molar-refractivity contribution in [3.05, 3.63) is 29.3 Å². The number of sulfonamides is 1. The molecule has 2 saturated carbocycles. The van der Waals surface area contributed by atoms with Gasteiger partial charge in [-0.1, -0.05) is 18.9 Å². The lowest BCUT2D eigenvalue weighted by molar-refractivity contribution is 0.0734. The molecule has 1 aromatic rings. The van der Waals surface area contributed by atoms with Gasteiger partial charge in [0.05, 0.1) is 4.90 Å². The van der Waals surface area contributed by atoms with Crippen LogP contribution in [0, 0.1) is 6.92 Å². The smallest absolute Gasteiger partial charge is 0.254 e. The second-order valence-corrected chi connectivity index (χ2v) is 8.44. The molecule has 0 aromatic heterocycles. The van der Waals surface area contributed by atoms with E-state index in [1.54, 1.807) is 17.0 Å². The first-order chi connectivity index (χ1) is 10.9. The largest absolute Gasteiger partial charge is 0.339 e. The zero-order chi connectivity index (χ0) is 16.6. The van der Waals surface area contributed by atoms with E-state index >= 15 is 0 Å². The Kier molecular flexibility index (Phi) is 4.47. The van der Waals surface area contributed by atoms with Crippen LogP contribution in [-0.4, -0.2) is 38.4 Å². The van der Waals surface area contributed by atoms with Crippen LogP contribution in [0.4, 0.5) is 0 Å². The van der Waals surface area contributed by atoms with Crippen molar-refractivity contribution < 1.29 is 13.2 Å². The van der Waals surface area contributed by atoms with Gasteiger partial charge in [0.15, 0.2) is 0 Å². The Morgan fingerprint density at radius 2 is 1.83 bits per heavy atom. The monoisotopic (exact) mass is 336 g/mol. The Balaban J connectivity index is 1.86. The number of nitrogens with zero attached hydrogens (tertiary/aromatic N) is 1. The Morgan fingerprint density at radius 3 is 2.43 bits per heavy atom. The fraction of sp³-hybridized carbons (Fsp3) is 0.588. The minimum absolute atomic E-state index is 0.0571. The van der Waals surface area contributed by atoms with E-state index in [1.165, 1.54) is 6.07 Å². The molecule has 0 aliphatic heterocycles. The zero-order valence-electron chi connectivity index (χ0n) is 13.7. The number of rotatable bonds is 5. The fourth-order valence-corrected chi connectivity index (χ4v) is 4.47. The van der Waals surface area contributed by atoms with Gasteiger partial charge >= 0.3 is 0 Å². The van der Waals surface area contributed by atoms with E-state index in [0.717, 1.165) is 44.1 Å². The maximum Gasteiger partial charge on any atom is 0.254 e. The van der Waals surface area contributed by atoms with Gasteiger partial charge < -0.3 is 4.90 Å². The maximum absolute atomic E-state index is 12.8. The average molecular weight is 336 g/mol. The molecule has 0 unspecified atom stereocenters. The molecule has 1 N–H and O–H groups in total. The molecule has 2 fully saturated rings. The van der Waals surface area contributed by atoms with Gasteiger partial charge in [0.25, 0.3) is 5.91 Å². The van der Waals surface area contributed by atoms with Crippen LogP contribution in [0.5, 0.6) is 0 Å². The number of carbonyl (C=O) groups is 1. The fourth-order valence-electron chi connectivity index (χ4n) is 3.13. The summed E-state index contributed by atoms with van der Waals surface area (Å²) in [5, 5.41) is 0. The molecule has 0 saturated heterocycles. The Hall–Kier alpha value is -1.40. The molecule has 0 radical (unpaired) electrons. The van der Waals surface area contributed by atoms with Crippen LogP contribution in [0.2, 0.25) is 0 Å². The van der Waals surface area contributed by atoms with Crippen LogP contribution < -0.4 is 4.72 Å². The number of amides is 1. The molecule has 0 spiro atoms. The lowest BCUT2D eigenvalue weighted by atomic mass is 10.1. The van der Waals surface area contributed by atoms with Crippen molar-refractivity contribution >= 4 is 15.9 Å². The number of hydrogen-bond donors (Lipinski definition) is 1. The van der Waals surface area contributed by atoms with Crippen molar-refractivity contribution in [3.63, 3.8) is 0 Å². The number of aryl methyl sites for hydroxylation is 1. The summed E-state index contributed by atoms with van der Waals surface area (Å²) in [7, 11) is -1.71. The van der Waals surface area contributed by atoms with Crippen molar-refractivity contribution in [2.45, 2.75) is 62.4 Å². The SMILES string of the molecule is Cc1ccc(S(=O)(=O)NC2CC2)cc1C(=O)N(C)C1CCCC1. The molecular weight excluding hydrogens is 312 g/mol. The van der Waals surface area contributed by atoms with E-state index in [0.29, 0.717) is 5.56 Å². The molecule has 2 aliphatic carbocycles. The van der Waals surface area contributed by atoms with Gasteiger partial charge in [-0.3, -0.25) is 4.79 Å². The normalized spacial score (nSPS) is 19.0.